The molecule has 1 atom stereocenters. The van der Waals surface area contributed by atoms with Crippen molar-refractivity contribution in [3.63, 3.8) is 0 Å². The van der Waals surface area contributed by atoms with E-state index in [1.165, 1.54) is 28.8 Å². The number of carbonyl (C=O) groups excluding carboxylic acids is 2. The van der Waals surface area contributed by atoms with Crippen LogP contribution in [0.5, 0.6) is 0 Å². The highest BCUT2D eigenvalue weighted by atomic mass is 35.5. The zero-order valence-corrected chi connectivity index (χ0v) is 17.9. The second kappa shape index (κ2) is 8.80. The first-order valence-corrected chi connectivity index (χ1v) is 10.1. The Bertz CT molecular complexity index is 1090. The van der Waals surface area contributed by atoms with Crippen molar-refractivity contribution in [1.29, 1.82) is 0 Å². The lowest BCUT2D eigenvalue weighted by molar-refractivity contribution is -0.337. The lowest BCUT2D eigenvalue weighted by Gasteiger charge is -2.27. The Morgan fingerprint density at radius 2 is 2.15 bits per heavy atom. The molecular weight excluding hydrogens is 474 g/mol. The summed E-state index contributed by atoms with van der Waals surface area (Å²) in [5, 5.41) is 7.68. The van der Waals surface area contributed by atoms with Gasteiger partial charge in [0.15, 0.2) is 0 Å². The highest BCUT2D eigenvalue weighted by Gasteiger charge is 2.37. The number of carbonyl (C=O) groups is 2. The topological polar surface area (TPSA) is 88.9 Å². The fraction of sp³-hybridized carbons (Fsp3) is 0.421. The van der Waals surface area contributed by atoms with Crippen molar-refractivity contribution in [3.8, 4) is 0 Å². The van der Waals surface area contributed by atoms with Crippen molar-refractivity contribution in [3.05, 3.63) is 46.0 Å². The lowest BCUT2D eigenvalue weighted by atomic mass is 10.1. The maximum absolute atomic E-state index is 13.3. The molecule has 0 radical (unpaired) electrons. The normalized spacial score (nSPS) is 18.6. The molecule has 3 heterocycles. The molecule has 178 valence electrons. The van der Waals surface area contributed by atoms with E-state index in [1.807, 2.05) is 0 Å². The second-order valence-electron chi connectivity index (χ2n) is 7.47. The number of nitrogens with one attached hydrogen (secondary N) is 1. The third-order valence-corrected chi connectivity index (χ3v) is 5.45. The lowest BCUT2D eigenvalue weighted by Crippen LogP contribution is -2.39. The van der Waals surface area contributed by atoms with Crippen molar-refractivity contribution in [2.75, 3.05) is 25.5 Å². The predicted molar refractivity (Wildman–Crippen MR) is 106 cm³/mol. The molecule has 33 heavy (non-hydrogen) atoms. The average molecular weight is 492 g/mol. The summed E-state index contributed by atoms with van der Waals surface area (Å²) in [6.45, 7) is -0.644. The molecule has 0 bridgehead atoms. The molecule has 2 aromatic rings. The number of hydrogen-bond acceptors (Lipinski definition) is 5. The molecule has 0 spiro atoms. The first-order valence-electron chi connectivity index (χ1n) is 9.77. The zero-order valence-electron chi connectivity index (χ0n) is 17.2. The second-order valence-corrected chi connectivity index (χ2v) is 7.88. The van der Waals surface area contributed by atoms with Gasteiger partial charge < -0.3 is 10.2 Å². The summed E-state index contributed by atoms with van der Waals surface area (Å²) in [6.07, 6.45) is -5.62. The van der Waals surface area contributed by atoms with Crippen molar-refractivity contribution >= 4 is 29.2 Å². The number of aromatic nitrogens is 2. The summed E-state index contributed by atoms with van der Waals surface area (Å²) in [5.41, 5.74) is 1.47. The largest absolute Gasteiger partial charge is 0.522 e. The van der Waals surface area contributed by atoms with E-state index >= 15 is 0 Å². The van der Waals surface area contributed by atoms with E-state index in [2.05, 4.69) is 15.2 Å². The average Bonchev–Trinajstić information content (AvgIpc) is 3.04. The van der Waals surface area contributed by atoms with Crippen LogP contribution in [0.1, 0.15) is 21.7 Å². The number of ether oxygens (including phenoxy) is 1. The minimum absolute atomic E-state index is 0.0364. The highest BCUT2D eigenvalue weighted by Crippen LogP contribution is 2.28. The van der Waals surface area contributed by atoms with E-state index in [0.717, 1.165) is 11.1 Å². The van der Waals surface area contributed by atoms with Crippen LogP contribution >= 0.6 is 11.6 Å². The smallest absolute Gasteiger partial charge is 0.320 e. The molecule has 1 N–H and O–H groups in total. The number of anilines is 1. The Labute approximate surface area is 189 Å². The molecule has 0 saturated heterocycles. The third-order valence-electron chi connectivity index (χ3n) is 5.16. The number of alkyl halides is 3. The Morgan fingerprint density at radius 1 is 1.39 bits per heavy atom. The molecule has 2 aliphatic rings. The van der Waals surface area contributed by atoms with Gasteiger partial charge >= 0.3 is 12.4 Å². The molecule has 0 fully saturated rings. The Morgan fingerprint density at radius 3 is 2.85 bits per heavy atom. The Balaban J connectivity index is 1.52. The van der Waals surface area contributed by atoms with Crippen LogP contribution in [-0.2, 0) is 29.1 Å². The van der Waals surface area contributed by atoms with E-state index in [1.54, 1.807) is 0 Å². The van der Waals surface area contributed by atoms with Crippen LogP contribution in [0.4, 0.5) is 28.0 Å². The van der Waals surface area contributed by atoms with Crippen LogP contribution in [0.3, 0.4) is 0 Å². The van der Waals surface area contributed by atoms with E-state index < -0.39 is 36.8 Å². The fourth-order valence-corrected chi connectivity index (χ4v) is 3.85. The summed E-state index contributed by atoms with van der Waals surface area (Å²) in [5.74, 6) is -1.23. The van der Waals surface area contributed by atoms with Gasteiger partial charge in [-0.25, -0.2) is 14.2 Å². The number of fused-ring (bicyclic) bond motifs is 3. The number of hydroxylamine groups is 2. The molecule has 14 heteroatoms. The van der Waals surface area contributed by atoms with Crippen molar-refractivity contribution < 1.29 is 36.7 Å². The van der Waals surface area contributed by atoms with Gasteiger partial charge in [-0.15, -0.1) is 13.2 Å². The fourth-order valence-electron chi connectivity index (χ4n) is 3.67. The number of amides is 3. The molecule has 3 amide bonds. The Kier molecular flexibility index (Phi) is 6.20. The van der Waals surface area contributed by atoms with E-state index in [9.17, 15) is 27.2 Å². The SMILES string of the molecule is CN1OC(COC(F)(F)F)Cn2nc3c(c2C1=O)CN(C(=O)Nc1ccc(F)c(Cl)c1)CC3. The monoisotopic (exact) mass is 491 g/mol. The van der Waals surface area contributed by atoms with Crippen molar-refractivity contribution in [2.24, 2.45) is 0 Å². The molecular formula is C19H18ClF4N5O4. The molecule has 4 rings (SSSR count). The number of nitrogens with zero attached hydrogens (tertiary/aromatic N) is 4. The standard InChI is InChI=1S/C19H18ClF4N5O4/c1-27-17(30)16-12-8-28(18(31)25-10-2-3-14(21)13(20)6-10)5-4-15(12)26-29(16)7-11(33-27)9-32-19(22,23)24/h2-3,6,11H,4-5,7-9H2,1H3,(H,25,31). The number of urea groups is 1. The highest BCUT2D eigenvalue weighted by molar-refractivity contribution is 6.31. The van der Waals surface area contributed by atoms with Gasteiger partial charge in [-0.2, -0.15) is 5.10 Å². The maximum Gasteiger partial charge on any atom is 0.522 e. The minimum atomic E-state index is -4.84. The van der Waals surface area contributed by atoms with E-state index in [4.69, 9.17) is 16.4 Å². The van der Waals surface area contributed by atoms with Crippen molar-refractivity contribution in [1.82, 2.24) is 19.7 Å². The minimum Gasteiger partial charge on any atom is -0.320 e. The van der Waals surface area contributed by atoms with Gasteiger partial charge in [0.25, 0.3) is 5.91 Å². The molecule has 1 aromatic heterocycles. The van der Waals surface area contributed by atoms with Crippen molar-refractivity contribution in [2.45, 2.75) is 32.0 Å². The van der Waals surface area contributed by atoms with E-state index in [0.29, 0.717) is 23.4 Å². The summed E-state index contributed by atoms with van der Waals surface area (Å²) < 4.78 is 55.8. The van der Waals surface area contributed by atoms with Gasteiger partial charge in [-0.05, 0) is 18.2 Å². The van der Waals surface area contributed by atoms with Crippen LogP contribution < -0.4 is 5.32 Å². The number of rotatable bonds is 3. The summed E-state index contributed by atoms with van der Waals surface area (Å²) in [4.78, 5) is 32.3. The number of benzene rings is 1. The molecule has 0 saturated carbocycles. The van der Waals surface area contributed by atoms with Gasteiger partial charge in [0.05, 0.1) is 30.4 Å². The van der Waals surface area contributed by atoms with Gasteiger partial charge in [-0.1, -0.05) is 11.6 Å². The van der Waals surface area contributed by atoms with Crippen LogP contribution in [0.15, 0.2) is 18.2 Å². The molecule has 1 unspecified atom stereocenters. The van der Waals surface area contributed by atoms with Crippen LogP contribution in [0, 0.1) is 5.82 Å². The molecule has 2 aliphatic heterocycles. The van der Waals surface area contributed by atoms with Crippen LogP contribution in [-0.4, -0.2) is 64.3 Å². The molecule has 9 nitrogen and oxygen atoms in total. The zero-order chi connectivity index (χ0) is 23.9. The predicted octanol–water partition coefficient (Wildman–Crippen LogP) is 3.19. The van der Waals surface area contributed by atoms with Gasteiger partial charge in [-0.3, -0.25) is 19.1 Å². The number of hydrogen-bond donors (Lipinski definition) is 1. The van der Waals surface area contributed by atoms with Crippen LogP contribution in [0.2, 0.25) is 5.02 Å². The first-order chi connectivity index (χ1) is 15.5. The van der Waals surface area contributed by atoms with Crippen LogP contribution in [0.25, 0.3) is 0 Å². The molecule has 1 aromatic carbocycles. The summed E-state index contributed by atoms with van der Waals surface area (Å²) in [6, 6.07) is 3.26. The maximum atomic E-state index is 13.3. The van der Waals surface area contributed by atoms with Gasteiger partial charge in [0.1, 0.15) is 17.6 Å². The third kappa shape index (κ3) is 5.04. The van der Waals surface area contributed by atoms with E-state index in [-0.39, 0.29) is 30.4 Å². The summed E-state index contributed by atoms with van der Waals surface area (Å²) in [7, 11) is 1.28. The summed E-state index contributed by atoms with van der Waals surface area (Å²) >= 11 is 5.74. The van der Waals surface area contributed by atoms with Gasteiger partial charge in [0, 0.05) is 31.3 Å². The first kappa shape index (κ1) is 23.3. The molecule has 0 aliphatic carbocycles. The van der Waals surface area contributed by atoms with Gasteiger partial charge in [0.2, 0.25) is 0 Å². The number of halogens is 5. The quantitative estimate of drug-likeness (QED) is 0.666. The Hall–Kier alpha value is -2.90.